The van der Waals surface area contributed by atoms with E-state index in [2.05, 4.69) is 77.2 Å². The van der Waals surface area contributed by atoms with E-state index < -0.39 is 8.32 Å². The van der Waals surface area contributed by atoms with E-state index in [0.29, 0.717) is 19.8 Å². The molecule has 0 aliphatic heterocycles. The lowest BCUT2D eigenvalue weighted by Gasteiger charge is -2.36. The lowest BCUT2D eigenvalue weighted by molar-refractivity contribution is 0.148. The second-order valence-corrected chi connectivity index (χ2v) is 14.9. The standard InChI is InChI=1S/C27H48O2Si/c1-7-8-9-10-11-12-13-14-15-16-17-22-28-23-25-18-20-26(21-19-25)24-29-30(5,6)27(2,3)4/h16-21H,7-15,22-24H2,1-6H3/b17-16+. The molecule has 172 valence electrons. The maximum Gasteiger partial charge on any atom is 0.192 e. The second kappa shape index (κ2) is 15.0. The summed E-state index contributed by atoms with van der Waals surface area (Å²) in [7, 11) is -1.69. The smallest absolute Gasteiger partial charge is 0.192 e. The van der Waals surface area contributed by atoms with E-state index in [1.54, 1.807) is 0 Å². The van der Waals surface area contributed by atoms with Crippen LogP contribution in [-0.4, -0.2) is 14.9 Å². The van der Waals surface area contributed by atoms with E-state index in [1.165, 1.54) is 68.9 Å². The molecule has 3 heteroatoms. The molecule has 1 aromatic rings. The third-order valence-corrected chi connectivity index (χ3v) is 10.8. The SMILES string of the molecule is CCCCCCCCCC/C=C/COCc1ccc(CO[Si](C)(C)C(C)(C)C)cc1. The minimum absolute atomic E-state index is 0.253. The minimum atomic E-state index is -1.69. The van der Waals surface area contributed by atoms with Gasteiger partial charge in [0.25, 0.3) is 0 Å². The van der Waals surface area contributed by atoms with Crippen LogP contribution in [0.4, 0.5) is 0 Å². The molecule has 0 aromatic heterocycles. The van der Waals surface area contributed by atoms with Gasteiger partial charge >= 0.3 is 0 Å². The number of rotatable bonds is 16. The van der Waals surface area contributed by atoms with Crippen molar-refractivity contribution in [3.63, 3.8) is 0 Å². The Kier molecular flexibility index (Phi) is 13.6. The maximum atomic E-state index is 6.30. The van der Waals surface area contributed by atoms with E-state index >= 15 is 0 Å². The van der Waals surface area contributed by atoms with Crippen molar-refractivity contribution in [3.8, 4) is 0 Å². The minimum Gasteiger partial charge on any atom is -0.413 e. The Morgan fingerprint density at radius 1 is 0.767 bits per heavy atom. The summed E-state index contributed by atoms with van der Waals surface area (Å²) in [5.41, 5.74) is 2.47. The van der Waals surface area contributed by atoms with Gasteiger partial charge in [0.05, 0.1) is 19.8 Å². The molecular formula is C27H48O2Si. The third-order valence-electron chi connectivity index (χ3n) is 6.30. The van der Waals surface area contributed by atoms with E-state index in [0.717, 1.165) is 0 Å². The van der Waals surface area contributed by atoms with Crippen LogP contribution in [0.2, 0.25) is 18.1 Å². The third kappa shape index (κ3) is 12.1. The highest BCUT2D eigenvalue weighted by atomic mass is 28.4. The molecule has 0 saturated carbocycles. The van der Waals surface area contributed by atoms with Crippen molar-refractivity contribution >= 4 is 8.32 Å². The van der Waals surface area contributed by atoms with Gasteiger partial charge in [0.1, 0.15) is 0 Å². The molecule has 2 nitrogen and oxygen atoms in total. The lowest BCUT2D eigenvalue weighted by atomic mass is 10.1. The first kappa shape index (κ1) is 27.1. The van der Waals surface area contributed by atoms with E-state index in [4.69, 9.17) is 9.16 Å². The molecule has 0 saturated heterocycles. The molecule has 1 rings (SSSR count). The summed E-state index contributed by atoms with van der Waals surface area (Å²) >= 11 is 0. The van der Waals surface area contributed by atoms with Gasteiger partial charge in [-0.15, -0.1) is 0 Å². The van der Waals surface area contributed by atoms with Crippen LogP contribution >= 0.6 is 0 Å². The summed E-state index contributed by atoms with van der Waals surface area (Å²) in [6, 6.07) is 8.66. The molecule has 0 unspecified atom stereocenters. The van der Waals surface area contributed by atoms with E-state index in [-0.39, 0.29) is 5.04 Å². The number of ether oxygens (including phenoxy) is 1. The van der Waals surface area contributed by atoms with Crippen molar-refractivity contribution in [2.75, 3.05) is 6.61 Å². The second-order valence-electron chi connectivity index (χ2n) is 10.1. The van der Waals surface area contributed by atoms with Gasteiger partial charge in [0.15, 0.2) is 8.32 Å². The summed E-state index contributed by atoms with van der Waals surface area (Å²) in [6.45, 7) is 15.8. The molecule has 0 heterocycles. The first-order chi connectivity index (χ1) is 14.3. The number of benzene rings is 1. The van der Waals surface area contributed by atoms with Gasteiger partial charge in [-0.3, -0.25) is 0 Å². The topological polar surface area (TPSA) is 18.5 Å². The van der Waals surface area contributed by atoms with E-state index in [1.807, 2.05) is 0 Å². The summed E-state index contributed by atoms with van der Waals surface area (Å²) in [4.78, 5) is 0. The molecule has 0 radical (unpaired) electrons. The predicted molar refractivity (Wildman–Crippen MR) is 134 cm³/mol. The molecule has 0 atom stereocenters. The summed E-state index contributed by atoms with van der Waals surface area (Å²) < 4.78 is 12.1. The van der Waals surface area contributed by atoms with Crippen LogP contribution in [0.5, 0.6) is 0 Å². The maximum absolute atomic E-state index is 6.30. The highest BCUT2D eigenvalue weighted by Gasteiger charge is 2.36. The van der Waals surface area contributed by atoms with Crippen molar-refractivity contribution < 1.29 is 9.16 Å². The molecule has 0 N–H and O–H groups in total. The normalized spacial score (nSPS) is 12.7. The van der Waals surface area contributed by atoms with Crippen LogP contribution in [0.3, 0.4) is 0 Å². The van der Waals surface area contributed by atoms with Crippen LogP contribution in [0.1, 0.15) is 96.6 Å². The van der Waals surface area contributed by atoms with Gasteiger partial charge in [-0.25, -0.2) is 0 Å². The zero-order valence-corrected chi connectivity index (χ0v) is 21.8. The molecule has 0 aliphatic carbocycles. The Balaban J connectivity index is 2.10. The fourth-order valence-corrected chi connectivity index (χ4v) is 4.00. The Hall–Kier alpha value is -0.903. The number of unbranched alkanes of at least 4 members (excludes halogenated alkanes) is 8. The van der Waals surface area contributed by atoms with E-state index in [9.17, 15) is 0 Å². The van der Waals surface area contributed by atoms with Crippen molar-refractivity contribution in [2.45, 2.75) is 117 Å². The molecule has 0 amide bonds. The summed E-state index contributed by atoms with van der Waals surface area (Å²) in [6.07, 6.45) is 16.7. The Bertz CT molecular complexity index is 570. The monoisotopic (exact) mass is 432 g/mol. The lowest BCUT2D eigenvalue weighted by Crippen LogP contribution is -2.40. The van der Waals surface area contributed by atoms with Crippen LogP contribution in [0, 0.1) is 0 Å². The Labute approximate surface area is 188 Å². The van der Waals surface area contributed by atoms with Gasteiger partial charge in [0.2, 0.25) is 0 Å². The Morgan fingerprint density at radius 2 is 1.30 bits per heavy atom. The molecule has 1 aromatic carbocycles. The van der Waals surface area contributed by atoms with Crippen molar-refractivity contribution in [1.82, 2.24) is 0 Å². The van der Waals surface area contributed by atoms with Gasteiger partial charge in [-0.1, -0.05) is 109 Å². The summed E-state index contributed by atoms with van der Waals surface area (Å²) in [5.74, 6) is 0. The summed E-state index contributed by atoms with van der Waals surface area (Å²) in [5, 5.41) is 0.253. The zero-order chi connectivity index (χ0) is 22.3. The quantitative estimate of drug-likeness (QED) is 0.147. The van der Waals surface area contributed by atoms with Gasteiger partial charge in [0, 0.05) is 0 Å². The fraction of sp³-hybridized carbons (Fsp3) is 0.704. The fourth-order valence-electron chi connectivity index (χ4n) is 3.04. The molecule has 0 spiro atoms. The average molecular weight is 433 g/mol. The molecule has 0 bridgehead atoms. The van der Waals surface area contributed by atoms with Crippen LogP contribution in [0.25, 0.3) is 0 Å². The number of allylic oxidation sites excluding steroid dienone is 1. The largest absolute Gasteiger partial charge is 0.413 e. The molecule has 30 heavy (non-hydrogen) atoms. The molecule has 0 fully saturated rings. The molecular weight excluding hydrogens is 384 g/mol. The zero-order valence-electron chi connectivity index (χ0n) is 20.8. The van der Waals surface area contributed by atoms with Gasteiger partial charge in [-0.05, 0) is 42.1 Å². The number of hydrogen-bond donors (Lipinski definition) is 0. The van der Waals surface area contributed by atoms with Crippen LogP contribution in [0.15, 0.2) is 36.4 Å². The first-order valence-corrected chi connectivity index (χ1v) is 15.1. The highest BCUT2D eigenvalue weighted by molar-refractivity contribution is 6.74. The van der Waals surface area contributed by atoms with Crippen LogP contribution in [-0.2, 0) is 22.4 Å². The van der Waals surface area contributed by atoms with Crippen LogP contribution < -0.4 is 0 Å². The van der Waals surface area contributed by atoms with Gasteiger partial charge < -0.3 is 9.16 Å². The number of hydrogen-bond acceptors (Lipinski definition) is 2. The first-order valence-electron chi connectivity index (χ1n) is 12.2. The van der Waals surface area contributed by atoms with Gasteiger partial charge in [-0.2, -0.15) is 0 Å². The highest BCUT2D eigenvalue weighted by Crippen LogP contribution is 2.37. The van der Waals surface area contributed by atoms with Crippen molar-refractivity contribution in [1.29, 1.82) is 0 Å². The molecule has 0 aliphatic rings. The van der Waals surface area contributed by atoms with Crippen molar-refractivity contribution in [2.24, 2.45) is 0 Å². The average Bonchev–Trinajstić information content (AvgIpc) is 2.70. The van der Waals surface area contributed by atoms with Crippen molar-refractivity contribution in [3.05, 3.63) is 47.5 Å². The predicted octanol–water partition coefficient (Wildman–Crippen LogP) is 8.81. The Morgan fingerprint density at radius 3 is 1.87 bits per heavy atom.